The molecule has 0 bridgehead atoms. The van der Waals surface area contributed by atoms with Gasteiger partial charge in [0.05, 0.1) is 23.2 Å². The van der Waals surface area contributed by atoms with Crippen LogP contribution in [0.5, 0.6) is 5.75 Å². The van der Waals surface area contributed by atoms with E-state index in [1.165, 1.54) is 18.2 Å². The number of ketones is 1. The number of rotatable bonds is 6. The number of aromatic amines is 1. The third-order valence-corrected chi connectivity index (χ3v) is 5.85. The second-order valence-electron chi connectivity index (χ2n) is 8.14. The molecule has 0 saturated carbocycles. The molecule has 1 atom stereocenters. The molecule has 8 heteroatoms. The third-order valence-electron chi connectivity index (χ3n) is 5.85. The predicted molar refractivity (Wildman–Crippen MR) is 130 cm³/mol. The Kier molecular flexibility index (Phi) is 5.78. The van der Waals surface area contributed by atoms with Crippen molar-refractivity contribution in [2.24, 2.45) is 0 Å². The number of halogens is 1. The standard InChI is InChI=1S/C27H22FN3O4/c1-2-15-35-17-13-11-16(12-14-17)24(32)22-23(18-7-3-4-8-19(18)28)31(26(34)25(22)33)27-29-20-9-5-6-10-21(20)30-27/h3-14,23,32H,2,15H2,1H3,(H,29,30)/b24-22+. The van der Waals surface area contributed by atoms with Gasteiger partial charge in [-0.15, -0.1) is 0 Å². The number of amides is 1. The van der Waals surface area contributed by atoms with Crippen molar-refractivity contribution in [1.82, 2.24) is 9.97 Å². The molecule has 1 unspecified atom stereocenters. The first-order valence-electron chi connectivity index (χ1n) is 11.2. The summed E-state index contributed by atoms with van der Waals surface area (Å²) in [7, 11) is 0. The number of fused-ring (bicyclic) bond motifs is 1. The molecule has 1 amide bonds. The van der Waals surface area contributed by atoms with Crippen LogP contribution in [0, 0.1) is 5.82 Å². The Bertz CT molecular complexity index is 1430. The average molecular weight is 471 g/mol. The summed E-state index contributed by atoms with van der Waals surface area (Å²) in [6.45, 7) is 2.53. The van der Waals surface area contributed by atoms with Crippen LogP contribution in [0.1, 0.15) is 30.5 Å². The maximum Gasteiger partial charge on any atom is 0.302 e. The highest BCUT2D eigenvalue weighted by atomic mass is 19.1. The van der Waals surface area contributed by atoms with Gasteiger partial charge in [-0.2, -0.15) is 0 Å². The first kappa shape index (κ1) is 22.3. The minimum absolute atomic E-state index is 0.0663. The molecule has 5 rings (SSSR count). The molecular weight excluding hydrogens is 449 g/mol. The van der Waals surface area contributed by atoms with Crippen LogP contribution in [0.3, 0.4) is 0 Å². The number of hydrogen-bond acceptors (Lipinski definition) is 5. The lowest BCUT2D eigenvalue weighted by Gasteiger charge is -2.23. The van der Waals surface area contributed by atoms with Crippen LogP contribution in [0.15, 0.2) is 78.4 Å². The minimum atomic E-state index is -1.22. The lowest BCUT2D eigenvalue weighted by Crippen LogP contribution is -2.30. The Balaban J connectivity index is 1.66. The van der Waals surface area contributed by atoms with Gasteiger partial charge in [-0.25, -0.2) is 9.37 Å². The SMILES string of the molecule is CCCOc1ccc(/C(O)=C2\C(=O)C(=O)N(c3nc4ccccc4[nH]3)C2c2ccccc2F)cc1. The molecule has 1 aliphatic heterocycles. The Labute approximate surface area is 200 Å². The van der Waals surface area contributed by atoms with Crippen LogP contribution in [0.4, 0.5) is 10.3 Å². The second-order valence-corrected chi connectivity index (χ2v) is 8.14. The molecule has 0 spiro atoms. The van der Waals surface area contributed by atoms with Crippen molar-refractivity contribution in [3.63, 3.8) is 0 Å². The molecule has 3 aromatic carbocycles. The van der Waals surface area contributed by atoms with Crippen LogP contribution in [-0.2, 0) is 9.59 Å². The van der Waals surface area contributed by atoms with Gasteiger partial charge in [0.25, 0.3) is 5.78 Å². The fourth-order valence-corrected chi connectivity index (χ4v) is 4.18. The van der Waals surface area contributed by atoms with Gasteiger partial charge in [-0.1, -0.05) is 37.3 Å². The largest absolute Gasteiger partial charge is 0.507 e. The zero-order valence-electron chi connectivity index (χ0n) is 18.9. The number of nitrogens with zero attached hydrogens (tertiary/aromatic N) is 2. The molecule has 1 aromatic heterocycles. The van der Waals surface area contributed by atoms with Crippen molar-refractivity contribution in [2.45, 2.75) is 19.4 Å². The van der Waals surface area contributed by atoms with E-state index in [1.54, 1.807) is 54.6 Å². The lowest BCUT2D eigenvalue weighted by molar-refractivity contribution is -0.132. The number of imidazole rings is 1. The predicted octanol–water partition coefficient (Wildman–Crippen LogP) is 5.12. The molecule has 1 saturated heterocycles. The average Bonchev–Trinajstić information content (AvgIpc) is 3.41. The molecule has 7 nitrogen and oxygen atoms in total. The molecule has 2 heterocycles. The maximum absolute atomic E-state index is 15.0. The number of ether oxygens (including phenoxy) is 1. The summed E-state index contributed by atoms with van der Waals surface area (Å²) in [4.78, 5) is 35.0. The quantitative estimate of drug-likeness (QED) is 0.231. The number of carbonyl (C=O) groups is 2. The minimum Gasteiger partial charge on any atom is -0.507 e. The number of nitrogens with one attached hydrogen (secondary N) is 1. The summed E-state index contributed by atoms with van der Waals surface area (Å²) in [5.74, 6) is -2.17. The number of aliphatic hydroxyl groups excluding tert-OH is 1. The zero-order valence-corrected chi connectivity index (χ0v) is 18.9. The van der Waals surface area contributed by atoms with Crippen molar-refractivity contribution in [3.8, 4) is 5.75 Å². The Morgan fingerprint density at radius 3 is 2.49 bits per heavy atom. The number of aromatic nitrogens is 2. The van der Waals surface area contributed by atoms with Gasteiger partial charge in [0.15, 0.2) is 0 Å². The molecule has 0 aliphatic carbocycles. The monoisotopic (exact) mass is 471 g/mol. The summed E-state index contributed by atoms with van der Waals surface area (Å²) in [6.07, 6.45) is 0.843. The fraction of sp³-hybridized carbons (Fsp3) is 0.148. The number of anilines is 1. The van der Waals surface area contributed by atoms with E-state index in [0.29, 0.717) is 29.0 Å². The van der Waals surface area contributed by atoms with Gasteiger partial charge in [0.2, 0.25) is 5.95 Å². The van der Waals surface area contributed by atoms with Crippen molar-refractivity contribution < 1.29 is 23.8 Å². The third kappa shape index (κ3) is 3.93. The number of H-pyrrole nitrogens is 1. The molecule has 2 N–H and O–H groups in total. The molecule has 1 aliphatic rings. The Morgan fingerprint density at radius 2 is 1.77 bits per heavy atom. The van der Waals surface area contributed by atoms with Crippen LogP contribution in [0.2, 0.25) is 0 Å². The lowest BCUT2D eigenvalue weighted by atomic mass is 9.95. The fourth-order valence-electron chi connectivity index (χ4n) is 4.18. The summed E-state index contributed by atoms with van der Waals surface area (Å²) in [6, 6.07) is 18.3. The number of Topliss-reactive ketones (excluding diaryl/α,β-unsaturated/α-hetero) is 1. The van der Waals surface area contributed by atoms with E-state index in [4.69, 9.17) is 4.74 Å². The van der Waals surface area contributed by atoms with Crippen molar-refractivity contribution in [3.05, 3.63) is 95.3 Å². The van der Waals surface area contributed by atoms with Gasteiger partial charge in [0, 0.05) is 11.1 Å². The number of hydrogen-bond donors (Lipinski definition) is 2. The van der Waals surface area contributed by atoms with Crippen molar-refractivity contribution >= 4 is 34.4 Å². The van der Waals surface area contributed by atoms with Crippen LogP contribution in [-0.4, -0.2) is 33.4 Å². The van der Waals surface area contributed by atoms with Gasteiger partial charge in [-0.05, 0) is 48.9 Å². The van der Waals surface area contributed by atoms with Crippen LogP contribution >= 0.6 is 0 Å². The molecule has 4 aromatic rings. The highest BCUT2D eigenvalue weighted by Gasteiger charge is 2.49. The Hall–Kier alpha value is -4.46. The molecule has 35 heavy (non-hydrogen) atoms. The Morgan fingerprint density at radius 1 is 1.06 bits per heavy atom. The highest BCUT2D eigenvalue weighted by molar-refractivity contribution is 6.51. The van der Waals surface area contributed by atoms with Gasteiger partial charge in [0.1, 0.15) is 23.4 Å². The number of aliphatic hydroxyl groups is 1. The molecular formula is C27H22FN3O4. The van der Waals surface area contributed by atoms with E-state index in [9.17, 15) is 19.1 Å². The van der Waals surface area contributed by atoms with E-state index < -0.39 is 29.3 Å². The summed E-state index contributed by atoms with van der Waals surface area (Å²) >= 11 is 0. The van der Waals surface area contributed by atoms with E-state index >= 15 is 0 Å². The maximum atomic E-state index is 15.0. The van der Waals surface area contributed by atoms with Gasteiger partial charge >= 0.3 is 5.91 Å². The molecule has 1 fully saturated rings. The van der Waals surface area contributed by atoms with Gasteiger partial charge in [-0.3, -0.25) is 14.5 Å². The summed E-state index contributed by atoms with van der Waals surface area (Å²) < 4.78 is 20.6. The van der Waals surface area contributed by atoms with E-state index in [-0.39, 0.29) is 17.1 Å². The first-order valence-corrected chi connectivity index (χ1v) is 11.2. The van der Waals surface area contributed by atoms with Gasteiger partial charge < -0.3 is 14.8 Å². The smallest absolute Gasteiger partial charge is 0.302 e. The number of carbonyl (C=O) groups excluding carboxylic acids is 2. The number of benzene rings is 3. The molecule has 0 radical (unpaired) electrons. The van der Waals surface area contributed by atoms with E-state index in [1.807, 2.05) is 6.92 Å². The van der Waals surface area contributed by atoms with Crippen molar-refractivity contribution in [2.75, 3.05) is 11.5 Å². The van der Waals surface area contributed by atoms with E-state index in [2.05, 4.69) is 9.97 Å². The summed E-state index contributed by atoms with van der Waals surface area (Å²) in [5.41, 5.74) is 1.39. The molecule has 176 valence electrons. The van der Waals surface area contributed by atoms with E-state index in [0.717, 1.165) is 11.3 Å². The van der Waals surface area contributed by atoms with Crippen LogP contribution in [0.25, 0.3) is 16.8 Å². The van der Waals surface area contributed by atoms with Crippen molar-refractivity contribution in [1.29, 1.82) is 0 Å². The highest BCUT2D eigenvalue weighted by Crippen LogP contribution is 2.42. The summed E-state index contributed by atoms with van der Waals surface area (Å²) in [5, 5.41) is 11.2. The first-order chi connectivity index (χ1) is 17.0. The van der Waals surface area contributed by atoms with Crippen LogP contribution < -0.4 is 9.64 Å². The number of para-hydroxylation sites is 2. The zero-order chi connectivity index (χ0) is 24.5. The topological polar surface area (TPSA) is 95.5 Å². The normalized spacial score (nSPS) is 17.3. The second kappa shape index (κ2) is 9.06.